The number of aryl methyl sites for hydroxylation is 2. The largest absolute Gasteiger partial charge is 0.490 e. The number of ether oxygens (including phenoxy) is 4. The Bertz CT molecular complexity index is 3140. The highest BCUT2D eigenvalue weighted by Crippen LogP contribution is 2.50. The molecule has 2 heterocycles. The second-order valence-electron chi connectivity index (χ2n) is 26.6. The van der Waals surface area contributed by atoms with Gasteiger partial charge in [0.15, 0.2) is 11.2 Å². The summed E-state index contributed by atoms with van der Waals surface area (Å²) in [4.78, 5) is 60.6. The normalized spacial score (nSPS) is 23.8. The van der Waals surface area contributed by atoms with Crippen LogP contribution in [0.1, 0.15) is 123 Å². The first-order valence-electron chi connectivity index (χ1n) is 32.6. The van der Waals surface area contributed by atoms with Crippen LogP contribution in [0, 0.1) is 23.7 Å². The molecular formula is C74H94Cl2N4O12. The SMILES string of the molecule is C=CCCCN(C)C(=O)C[C@@](O)(C(=O)OC)c1ccc2c(c1)N(C[C@@H]1CC[C@H]1[C@@H](O)C=C)C[C@@]1(CCCc3cc(Cl)ccc31)CO2.C=CCCCN(C)C(=O)C[C@](O)(C(=O)OC)c1ccc2c(c1)N(C[C@@H]1CC[C@H]1[C@@H](O)C=C)C[C@@]1(CCCc3cc(Cl)ccc31)CO2. The molecule has 18 heteroatoms. The highest BCUT2D eigenvalue weighted by atomic mass is 35.5. The van der Waals surface area contributed by atoms with Gasteiger partial charge in [-0.25, -0.2) is 9.59 Å². The minimum atomic E-state index is -2.20. The maximum Gasteiger partial charge on any atom is 0.343 e. The highest BCUT2D eigenvalue weighted by Gasteiger charge is 2.49. The average Bonchev–Trinajstić information content (AvgIpc) is 1.49. The van der Waals surface area contributed by atoms with Crippen molar-refractivity contribution in [2.24, 2.45) is 23.7 Å². The number of aliphatic hydroxyl groups is 4. The third-order valence-corrected chi connectivity index (χ3v) is 21.2. The quantitative estimate of drug-likeness (QED) is 0.0293. The smallest absolute Gasteiger partial charge is 0.343 e. The molecule has 92 heavy (non-hydrogen) atoms. The number of rotatable bonds is 24. The second-order valence-corrected chi connectivity index (χ2v) is 27.5. The Morgan fingerprint density at radius 1 is 0.630 bits per heavy atom. The van der Waals surface area contributed by atoms with Gasteiger partial charge in [0.1, 0.15) is 11.5 Å². The molecule has 0 bridgehead atoms. The third kappa shape index (κ3) is 14.8. The number of carbonyl (C=O) groups is 4. The number of esters is 2. The molecule has 0 aromatic heterocycles. The van der Waals surface area contributed by atoms with Gasteiger partial charge in [-0.15, -0.1) is 26.3 Å². The number of benzene rings is 4. The van der Waals surface area contributed by atoms with E-state index >= 15 is 0 Å². The molecule has 0 radical (unpaired) electrons. The van der Waals surface area contributed by atoms with Gasteiger partial charge in [-0.2, -0.15) is 0 Å². The van der Waals surface area contributed by atoms with Gasteiger partial charge in [0.2, 0.25) is 11.8 Å². The summed E-state index contributed by atoms with van der Waals surface area (Å²) in [5.41, 5.74) is 1.92. The van der Waals surface area contributed by atoms with Crippen molar-refractivity contribution in [3.63, 3.8) is 0 Å². The summed E-state index contributed by atoms with van der Waals surface area (Å²) >= 11 is 12.8. The number of carbonyl (C=O) groups excluding carboxylic acids is 4. The Morgan fingerprint density at radius 3 is 1.38 bits per heavy atom. The number of allylic oxidation sites excluding steroid dienone is 2. The number of unbranched alkanes of at least 4 members (excludes halogenated alkanes) is 2. The Kier molecular flexibility index (Phi) is 22.8. The Balaban J connectivity index is 0.000000217. The van der Waals surface area contributed by atoms with Gasteiger partial charge in [0.05, 0.1) is 63.9 Å². The summed E-state index contributed by atoms with van der Waals surface area (Å²) in [5.74, 6) is -0.612. The molecule has 0 unspecified atom stereocenters. The van der Waals surface area contributed by atoms with E-state index in [1.165, 1.54) is 46.3 Å². The molecule has 4 aromatic carbocycles. The number of aliphatic hydroxyl groups excluding tert-OH is 2. The molecule has 2 spiro atoms. The fourth-order valence-corrected chi connectivity index (χ4v) is 15.4. The molecule has 6 aliphatic rings. The fraction of sp³-hybridized carbons (Fsp3) is 0.514. The van der Waals surface area contributed by atoms with Crippen molar-refractivity contribution in [1.82, 2.24) is 9.80 Å². The first-order chi connectivity index (χ1) is 44.1. The van der Waals surface area contributed by atoms with E-state index in [0.29, 0.717) is 74.0 Å². The van der Waals surface area contributed by atoms with E-state index < -0.39 is 48.2 Å². The molecule has 2 saturated carbocycles. The van der Waals surface area contributed by atoms with Crippen molar-refractivity contribution in [3.8, 4) is 11.5 Å². The van der Waals surface area contributed by atoms with E-state index in [2.05, 4.69) is 60.4 Å². The molecule has 496 valence electrons. The molecule has 4 N–H and O–H groups in total. The summed E-state index contributed by atoms with van der Waals surface area (Å²) in [6.45, 7) is 19.6. The molecule has 2 amide bonds. The van der Waals surface area contributed by atoms with Crippen molar-refractivity contribution in [2.45, 2.75) is 137 Å². The Labute approximate surface area is 553 Å². The topological polar surface area (TPSA) is 199 Å². The number of fused-ring (bicyclic) bond motifs is 6. The first kappa shape index (κ1) is 69.7. The predicted molar refractivity (Wildman–Crippen MR) is 360 cm³/mol. The van der Waals surface area contributed by atoms with E-state index in [9.17, 15) is 39.6 Å². The zero-order chi connectivity index (χ0) is 66.1. The van der Waals surface area contributed by atoms with Crippen LogP contribution >= 0.6 is 23.2 Å². The predicted octanol–water partition coefficient (Wildman–Crippen LogP) is 11.1. The zero-order valence-corrected chi connectivity index (χ0v) is 55.6. The van der Waals surface area contributed by atoms with E-state index in [-0.39, 0.29) is 57.4 Å². The molecule has 16 nitrogen and oxygen atoms in total. The van der Waals surface area contributed by atoms with Crippen molar-refractivity contribution >= 4 is 58.3 Å². The standard InChI is InChI=1S/2C37H47ClN2O6/c2*1-5-7-8-18-39(3)34(42)21-37(44,35(43)45-4)27-12-16-33-31(20-27)40(22-26-11-14-29(26)32(41)6-2)23-36(24-46-33)17-9-10-25-19-28(38)13-15-30(25)36/h2*5-6,12-13,15-16,19-20,26,29,32,41,44H,1-2,7-11,14,17-18,21-24H2,3-4H3/t26-,29+,32-,36-,37+;26-,29+,32-,36-,37-/m00/s1. The van der Waals surface area contributed by atoms with Crippen LogP contribution in [0.3, 0.4) is 0 Å². The molecule has 2 aliphatic heterocycles. The number of halogens is 2. The number of methoxy groups -OCH3 is 2. The van der Waals surface area contributed by atoms with E-state index in [4.69, 9.17) is 42.1 Å². The highest BCUT2D eigenvalue weighted by molar-refractivity contribution is 6.31. The van der Waals surface area contributed by atoms with Crippen LogP contribution in [-0.4, -0.2) is 147 Å². The lowest BCUT2D eigenvalue weighted by atomic mass is 9.68. The minimum absolute atomic E-state index is 0.1000. The fourth-order valence-electron chi connectivity index (χ4n) is 15.0. The Hall–Kier alpha value is -6.66. The van der Waals surface area contributed by atoms with Gasteiger partial charge in [-0.1, -0.05) is 71.8 Å². The molecule has 10 rings (SSSR count). The third-order valence-electron chi connectivity index (χ3n) is 20.8. The number of amides is 2. The summed E-state index contributed by atoms with van der Waals surface area (Å²) in [6, 6.07) is 22.7. The van der Waals surface area contributed by atoms with E-state index in [1.807, 2.05) is 12.1 Å². The van der Waals surface area contributed by atoms with Crippen LogP contribution in [0.15, 0.2) is 123 Å². The summed E-state index contributed by atoms with van der Waals surface area (Å²) < 4.78 is 23.3. The van der Waals surface area contributed by atoms with E-state index in [1.54, 1.807) is 74.8 Å². The average molecular weight is 1300 g/mol. The lowest BCUT2D eigenvalue weighted by molar-refractivity contribution is -0.168. The number of hydrogen-bond acceptors (Lipinski definition) is 14. The first-order valence-corrected chi connectivity index (χ1v) is 33.4. The van der Waals surface area contributed by atoms with Gasteiger partial charge in [-0.05, 0) is 195 Å². The van der Waals surface area contributed by atoms with E-state index in [0.717, 1.165) is 101 Å². The number of hydrogen-bond donors (Lipinski definition) is 4. The number of anilines is 2. The van der Waals surface area contributed by atoms with Gasteiger partial charge in [0.25, 0.3) is 0 Å². The van der Waals surface area contributed by atoms with Crippen LogP contribution in [0.2, 0.25) is 10.0 Å². The maximum atomic E-state index is 13.3. The Morgan fingerprint density at radius 2 is 1.03 bits per heavy atom. The number of nitrogens with zero attached hydrogens (tertiary/aromatic N) is 4. The monoisotopic (exact) mass is 1300 g/mol. The van der Waals surface area contributed by atoms with Gasteiger partial charge in [-0.3, -0.25) is 9.59 Å². The molecule has 10 atom stereocenters. The van der Waals surface area contributed by atoms with Crippen molar-refractivity contribution in [1.29, 1.82) is 0 Å². The zero-order valence-electron chi connectivity index (χ0n) is 54.1. The van der Waals surface area contributed by atoms with Crippen LogP contribution in [0.5, 0.6) is 11.5 Å². The van der Waals surface area contributed by atoms with Crippen LogP contribution in [0.25, 0.3) is 0 Å². The minimum Gasteiger partial charge on any atom is -0.490 e. The molecule has 4 aliphatic carbocycles. The molecule has 2 fully saturated rings. The van der Waals surface area contributed by atoms with Crippen molar-refractivity contribution in [2.75, 3.05) is 90.6 Å². The van der Waals surface area contributed by atoms with Crippen LogP contribution < -0.4 is 19.3 Å². The lowest BCUT2D eigenvalue weighted by Gasteiger charge is -2.45. The van der Waals surface area contributed by atoms with Crippen molar-refractivity contribution < 1.29 is 58.6 Å². The molecule has 4 aromatic rings. The summed E-state index contributed by atoms with van der Waals surface area (Å²) in [6.07, 6.45) is 17.2. The van der Waals surface area contributed by atoms with Gasteiger partial charge >= 0.3 is 11.9 Å². The van der Waals surface area contributed by atoms with Crippen LogP contribution in [0.4, 0.5) is 11.4 Å². The van der Waals surface area contributed by atoms with Crippen LogP contribution in [-0.2, 0) is 63.5 Å². The van der Waals surface area contributed by atoms with Gasteiger partial charge < -0.3 is 59.0 Å². The maximum absolute atomic E-state index is 13.3. The lowest BCUT2D eigenvalue weighted by Crippen LogP contribution is -2.49. The summed E-state index contributed by atoms with van der Waals surface area (Å²) in [5, 5.41) is 46.6. The van der Waals surface area contributed by atoms with Gasteiger partial charge in [0, 0.05) is 74.2 Å². The van der Waals surface area contributed by atoms with Crippen molar-refractivity contribution in [3.05, 3.63) is 167 Å². The second kappa shape index (κ2) is 30.2. The molecule has 0 saturated heterocycles. The molecular weight excluding hydrogens is 1210 g/mol. The summed E-state index contributed by atoms with van der Waals surface area (Å²) in [7, 11) is 5.75.